The summed E-state index contributed by atoms with van der Waals surface area (Å²) in [5, 5.41) is 14.6. The molecule has 1 unspecified atom stereocenters. The van der Waals surface area contributed by atoms with E-state index >= 15 is 0 Å². The molecule has 2 aromatic rings. The van der Waals surface area contributed by atoms with Gasteiger partial charge in [0.2, 0.25) is 0 Å². The topological polar surface area (TPSA) is 38.0 Å². The third-order valence-electron chi connectivity index (χ3n) is 2.81. The second kappa shape index (κ2) is 6.74. The highest BCUT2D eigenvalue weighted by Crippen LogP contribution is 2.30. The molecule has 1 heterocycles. The molecule has 3 nitrogen and oxygen atoms in total. The highest BCUT2D eigenvalue weighted by molar-refractivity contribution is 9.10. The molecule has 2 rings (SSSR count). The minimum atomic E-state index is -0.635. The van der Waals surface area contributed by atoms with Gasteiger partial charge >= 0.3 is 0 Å². The molecular formula is C14H16BrFN2OS. The van der Waals surface area contributed by atoms with E-state index in [-0.39, 0.29) is 11.9 Å². The van der Waals surface area contributed by atoms with Crippen molar-refractivity contribution in [3.05, 3.63) is 46.4 Å². The monoisotopic (exact) mass is 358 g/mol. The van der Waals surface area contributed by atoms with Gasteiger partial charge < -0.3 is 5.11 Å². The highest BCUT2D eigenvalue weighted by Gasteiger charge is 2.19. The van der Waals surface area contributed by atoms with Gasteiger partial charge in [0.25, 0.3) is 0 Å². The molecule has 0 amide bonds. The predicted octanol–water partition coefficient (Wildman–Crippen LogP) is 4.19. The van der Waals surface area contributed by atoms with Crippen molar-refractivity contribution < 1.29 is 9.50 Å². The summed E-state index contributed by atoms with van der Waals surface area (Å²) >= 11 is 4.91. The fourth-order valence-corrected chi connectivity index (χ4v) is 3.23. The van der Waals surface area contributed by atoms with Crippen LogP contribution in [0.1, 0.15) is 31.7 Å². The van der Waals surface area contributed by atoms with E-state index in [2.05, 4.69) is 21.0 Å². The molecule has 1 aromatic carbocycles. The average molecular weight is 359 g/mol. The number of thioether (sulfide) groups is 1. The zero-order chi connectivity index (χ0) is 14.7. The van der Waals surface area contributed by atoms with Crippen molar-refractivity contribution in [1.82, 2.24) is 9.78 Å². The zero-order valence-corrected chi connectivity index (χ0v) is 13.7. The normalized spacial score (nSPS) is 12.9. The molecular weight excluding hydrogens is 343 g/mol. The van der Waals surface area contributed by atoms with Crippen molar-refractivity contribution in [3.63, 3.8) is 0 Å². The number of aliphatic hydroxyl groups is 1. The lowest BCUT2D eigenvalue weighted by atomic mass is 10.2. The Morgan fingerprint density at radius 1 is 1.35 bits per heavy atom. The molecule has 0 saturated carbocycles. The minimum absolute atomic E-state index is 0.182. The lowest BCUT2D eigenvalue weighted by Crippen LogP contribution is -2.13. The number of aromatic nitrogens is 2. The summed E-state index contributed by atoms with van der Waals surface area (Å²) in [4.78, 5) is 0.928. The van der Waals surface area contributed by atoms with Crippen LogP contribution in [0.15, 0.2) is 39.8 Å². The van der Waals surface area contributed by atoms with Crippen molar-refractivity contribution in [3.8, 4) is 0 Å². The van der Waals surface area contributed by atoms with Crippen LogP contribution in [0.3, 0.4) is 0 Å². The third kappa shape index (κ3) is 3.62. The van der Waals surface area contributed by atoms with Crippen LogP contribution < -0.4 is 0 Å². The summed E-state index contributed by atoms with van der Waals surface area (Å²) in [5.74, 6) is 0.235. The molecule has 1 atom stereocenters. The van der Waals surface area contributed by atoms with Crippen molar-refractivity contribution in [1.29, 1.82) is 0 Å². The second-order valence-electron chi connectivity index (χ2n) is 4.70. The number of rotatable bonds is 5. The maximum atomic E-state index is 12.8. The van der Waals surface area contributed by atoms with Gasteiger partial charge in [0, 0.05) is 16.7 Å². The molecule has 0 fully saturated rings. The van der Waals surface area contributed by atoms with E-state index in [9.17, 15) is 9.50 Å². The Bertz CT molecular complexity index is 571. The fraction of sp³-hybridized carbons (Fsp3) is 0.357. The van der Waals surface area contributed by atoms with Crippen molar-refractivity contribution in [2.24, 2.45) is 0 Å². The van der Waals surface area contributed by atoms with E-state index in [0.29, 0.717) is 5.75 Å². The van der Waals surface area contributed by atoms with Gasteiger partial charge in [-0.25, -0.2) is 4.39 Å². The van der Waals surface area contributed by atoms with Gasteiger partial charge in [0.15, 0.2) is 0 Å². The van der Waals surface area contributed by atoms with Crippen LogP contribution in [0.2, 0.25) is 0 Å². The number of nitrogens with zero attached hydrogens (tertiary/aromatic N) is 2. The Morgan fingerprint density at radius 2 is 2.00 bits per heavy atom. The van der Waals surface area contributed by atoms with Crippen molar-refractivity contribution >= 4 is 27.7 Å². The van der Waals surface area contributed by atoms with Gasteiger partial charge in [0.1, 0.15) is 11.9 Å². The van der Waals surface area contributed by atoms with Crippen LogP contribution in [-0.2, 0) is 0 Å². The van der Waals surface area contributed by atoms with E-state index in [0.717, 1.165) is 15.1 Å². The van der Waals surface area contributed by atoms with E-state index in [1.807, 2.05) is 13.8 Å². The molecule has 108 valence electrons. The van der Waals surface area contributed by atoms with Gasteiger partial charge in [-0.1, -0.05) is 0 Å². The summed E-state index contributed by atoms with van der Waals surface area (Å²) in [5.41, 5.74) is 0.773. The number of benzene rings is 1. The highest BCUT2D eigenvalue weighted by atomic mass is 79.9. The fourth-order valence-electron chi connectivity index (χ4n) is 1.86. The first-order valence-electron chi connectivity index (χ1n) is 6.28. The van der Waals surface area contributed by atoms with Crippen LogP contribution in [0.25, 0.3) is 0 Å². The van der Waals surface area contributed by atoms with Crippen LogP contribution in [-0.4, -0.2) is 20.6 Å². The number of halogens is 2. The molecule has 0 aliphatic rings. The molecule has 6 heteroatoms. The molecule has 20 heavy (non-hydrogen) atoms. The Hall–Kier alpha value is -0.850. The Kier molecular flexibility index (Phi) is 5.23. The van der Waals surface area contributed by atoms with Crippen LogP contribution in [0.5, 0.6) is 0 Å². The molecule has 0 spiro atoms. The van der Waals surface area contributed by atoms with E-state index < -0.39 is 6.10 Å². The van der Waals surface area contributed by atoms with Crippen molar-refractivity contribution in [2.45, 2.75) is 30.9 Å². The van der Waals surface area contributed by atoms with Gasteiger partial charge in [-0.05, 0) is 54.0 Å². The zero-order valence-electron chi connectivity index (χ0n) is 11.3. The molecule has 1 N–H and O–H groups in total. The van der Waals surface area contributed by atoms with Crippen LogP contribution >= 0.6 is 27.7 Å². The number of aliphatic hydroxyl groups excluding tert-OH is 1. The lowest BCUT2D eigenvalue weighted by Gasteiger charge is -2.16. The standard InChI is InChI=1S/C14H16BrFN2OS/c1-9(2)18-14(12(15)7-17-18)13(19)8-20-11-5-3-10(16)4-6-11/h3-7,9,13,19H,8H2,1-2H3. The summed E-state index contributed by atoms with van der Waals surface area (Å²) in [6.45, 7) is 4.03. The molecule has 0 aliphatic heterocycles. The van der Waals surface area contributed by atoms with Gasteiger partial charge in [-0.15, -0.1) is 11.8 Å². The number of hydrogen-bond donors (Lipinski definition) is 1. The summed E-state index contributed by atoms with van der Waals surface area (Å²) in [6, 6.07) is 6.44. The predicted molar refractivity (Wildman–Crippen MR) is 82.4 cm³/mol. The molecule has 1 aromatic heterocycles. The average Bonchev–Trinajstić information content (AvgIpc) is 2.80. The maximum Gasteiger partial charge on any atom is 0.123 e. The van der Waals surface area contributed by atoms with Gasteiger partial charge in [-0.3, -0.25) is 4.68 Å². The first kappa shape index (κ1) is 15.5. The summed E-state index contributed by atoms with van der Waals surface area (Å²) < 4.78 is 15.4. The number of hydrogen-bond acceptors (Lipinski definition) is 3. The smallest absolute Gasteiger partial charge is 0.123 e. The molecule has 0 bridgehead atoms. The quantitative estimate of drug-likeness (QED) is 0.814. The minimum Gasteiger partial charge on any atom is -0.386 e. The van der Waals surface area contributed by atoms with E-state index in [1.165, 1.54) is 23.9 Å². The van der Waals surface area contributed by atoms with Crippen LogP contribution in [0.4, 0.5) is 4.39 Å². The lowest BCUT2D eigenvalue weighted by molar-refractivity contribution is 0.188. The third-order valence-corrected chi connectivity index (χ3v) is 4.51. The Morgan fingerprint density at radius 3 is 2.60 bits per heavy atom. The summed E-state index contributed by atoms with van der Waals surface area (Å²) in [6.07, 6.45) is 1.06. The van der Waals surface area contributed by atoms with Crippen LogP contribution in [0, 0.1) is 5.82 Å². The van der Waals surface area contributed by atoms with E-state index in [1.54, 1.807) is 23.0 Å². The van der Waals surface area contributed by atoms with Gasteiger partial charge in [0.05, 0.1) is 16.4 Å². The molecule has 0 radical (unpaired) electrons. The largest absolute Gasteiger partial charge is 0.386 e. The maximum absolute atomic E-state index is 12.8. The molecule has 0 saturated heterocycles. The summed E-state index contributed by atoms with van der Waals surface area (Å²) in [7, 11) is 0. The Labute approximate surface area is 130 Å². The molecule has 0 aliphatic carbocycles. The first-order valence-corrected chi connectivity index (χ1v) is 8.06. The SMILES string of the molecule is CC(C)n1ncc(Br)c1C(O)CSc1ccc(F)cc1. The van der Waals surface area contributed by atoms with Gasteiger partial charge in [-0.2, -0.15) is 5.10 Å². The first-order chi connectivity index (χ1) is 9.49. The second-order valence-corrected chi connectivity index (χ2v) is 6.64. The van der Waals surface area contributed by atoms with Crippen molar-refractivity contribution in [2.75, 3.05) is 5.75 Å². The van der Waals surface area contributed by atoms with E-state index in [4.69, 9.17) is 0 Å². The Balaban J connectivity index is 2.07.